The molecule has 0 aromatic heterocycles. The van der Waals surface area contributed by atoms with Crippen LogP contribution in [0.3, 0.4) is 0 Å². The van der Waals surface area contributed by atoms with Crippen LogP contribution >= 0.6 is 0 Å². The summed E-state index contributed by atoms with van der Waals surface area (Å²) in [6.07, 6.45) is 10.3. The molecular formula is C26H45N3O3. The molecule has 0 saturated heterocycles. The van der Waals surface area contributed by atoms with Crippen LogP contribution in [0.1, 0.15) is 78.6 Å². The maximum Gasteiger partial charge on any atom is 0.435 e. The molecule has 0 heterocycles. The van der Waals surface area contributed by atoms with Crippen molar-refractivity contribution in [2.45, 2.75) is 84.7 Å². The van der Waals surface area contributed by atoms with E-state index in [1.54, 1.807) is 11.9 Å². The Hall–Kier alpha value is -1.14. The third-order valence-corrected chi connectivity index (χ3v) is 10.4. The van der Waals surface area contributed by atoms with Gasteiger partial charge in [0.05, 0.1) is 11.8 Å². The maximum atomic E-state index is 12.3. The first-order valence-electron chi connectivity index (χ1n) is 13.0. The van der Waals surface area contributed by atoms with Crippen LogP contribution in [0, 0.1) is 40.4 Å². The quantitative estimate of drug-likeness (QED) is 0.365. The lowest BCUT2D eigenvalue weighted by Gasteiger charge is -2.61. The third kappa shape index (κ3) is 4.11. The molecule has 4 aliphatic carbocycles. The molecule has 182 valence electrons. The smallest absolute Gasteiger partial charge is 0.393 e. The van der Waals surface area contributed by atoms with Gasteiger partial charge in [-0.1, -0.05) is 19.0 Å². The minimum absolute atomic E-state index is 0.0757. The van der Waals surface area contributed by atoms with Gasteiger partial charge in [0, 0.05) is 26.1 Å². The van der Waals surface area contributed by atoms with E-state index in [1.807, 2.05) is 7.05 Å². The number of amides is 1. The first-order chi connectivity index (χ1) is 15.2. The Kier molecular flexibility index (Phi) is 6.94. The van der Waals surface area contributed by atoms with Crippen LogP contribution in [0.15, 0.2) is 5.16 Å². The van der Waals surface area contributed by atoms with Gasteiger partial charge in [-0.2, -0.15) is 0 Å². The van der Waals surface area contributed by atoms with Gasteiger partial charge < -0.3 is 15.3 Å². The molecule has 4 rings (SSSR count). The zero-order chi connectivity index (χ0) is 23.1. The van der Waals surface area contributed by atoms with E-state index in [9.17, 15) is 9.90 Å². The molecule has 4 saturated carbocycles. The van der Waals surface area contributed by atoms with Crippen molar-refractivity contribution in [3.05, 3.63) is 0 Å². The highest BCUT2D eigenvalue weighted by atomic mass is 16.7. The van der Waals surface area contributed by atoms with Crippen LogP contribution in [0.2, 0.25) is 0 Å². The normalized spacial score (nSPS) is 43.8. The van der Waals surface area contributed by atoms with E-state index in [0.29, 0.717) is 23.8 Å². The van der Waals surface area contributed by atoms with Gasteiger partial charge in [0.25, 0.3) is 0 Å². The van der Waals surface area contributed by atoms with Gasteiger partial charge in [-0.05, 0) is 106 Å². The summed E-state index contributed by atoms with van der Waals surface area (Å²) in [5.74, 6) is 3.47. The molecule has 0 spiro atoms. The molecule has 32 heavy (non-hydrogen) atoms. The van der Waals surface area contributed by atoms with Crippen molar-refractivity contribution < 1.29 is 14.7 Å². The molecule has 0 aromatic carbocycles. The molecule has 0 aromatic rings. The predicted octanol–water partition coefficient (Wildman–Crippen LogP) is 4.67. The highest BCUT2D eigenvalue weighted by molar-refractivity contribution is 5.85. The topological polar surface area (TPSA) is 74.2 Å². The van der Waals surface area contributed by atoms with Crippen LogP contribution in [0.25, 0.3) is 0 Å². The molecule has 2 N–H and O–H groups in total. The second-order valence-corrected chi connectivity index (χ2v) is 11.9. The fourth-order valence-electron chi connectivity index (χ4n) is 8.54. The number of carbonyl (C=O) groups is 1. The monoisotopic (exact) mass is 447 g/mol. The SMILES string of the molecule is CNCCN(C)C(=O)O/N=C(\C)[C@H]1CC[C@H]2[C@@H]3CC[C@H]4C[C@@H](O)CC[C@]4(C)[C@H]3CC[C@]12C. The van der Waals surface area contributed by atoms with E-state index < -0.39 is 0 Å². The number of fused-ring (bicyclic) bond motifs is 5. The second-order valence-electron chi connectivity index (χ2n) is 11.9. The van der Waals surface area contributed by atoms with Crippen molar-refractivity contribution in [3.8, 4) is 0 Å². The summed E-state index contributed by atoms with van der Waals surface area (Å²) in [6, 6.07) is 0. The average Bonchev–Trinajstić information content (AvgIpc) is 3.13. The van der Waals surface area contributed by atoms with Gasteiger partial charge in [0.2, 0.25) is 0 Å². The number of hydrogen-bond donors (Lipinski definition) is 2. The second kappa shape index (κ2) is 9.25. The number of carbonyl (C=O) groups excluding carboxylic acids is 1. The zero-order valence-corrected chi connectivity index (χ0v) is 20.9. The summed E-state index contributed by atoms with van der Waals surface area (Å²) in [4.78, 5) is 19.2. The third-order valence-electron chi connectivity index (χ3n) is 10.4. The molecule has 1 amide bonds. The van der Waals surface area contributed by atoms with E-state index in [1.165, 1.54) is 38.5 Å². The van der Waals surface area contributed by atoms with Crippen molar-refractivity contribution in [2.75, 3.05) is 27.2 Å². The van der Waals surface area contributed by atoms with Crippen LogP contribution in [-0.2, 0) is 4.84 Å². The van der Waals surface area contributed by atoms with Crippen LogP contribution < -0.4 is 5.32 Å². The minimum Gasteiger partial charge on any atom is -0.393 e. The largest absolute Gasteiger partial charge is 0.435 e. The van der Waals surface area contributed by atoms with Crippen molar-refractivity contribution >= 4 is 11.8 Å². The zero-order valence-electron chi connectivity index (χ0n) is 20.9. The Balaban J connectivity index is 1.44. The van der Waals surface area contributed by atoms with Gasteiger partial charge in [0.15, 0.2) is 0 Å². The molecular weight excluding hydrogens is 402 g/mol. The average molecular weight is 448 g/mol. The van der Waals surface area contributed by atoms with Crippen molar-refractivity contribution in [1.82, 2.24) is 10.2 Å². The number of nitrogens with zero attached hydrogens (tertiary/aromatic N) is 2. The number of oxime groups is 1. The Labute approximate surface area is 194 Å². The fraction of sp³-hybridized carbons (Fsp3) is 0.923. The first kappa shape index (κ1) is 24.0. The number of nitrogens with one attached hydrogen (secondary N) is 1. The molecule has 0 bridgehead atoms. The van der Waals surface area contributed by atoms with E-state index in [4.69, 9.17) is 4.84 Å². The lowest BCUT2D eigenvalue weighted by atomic mass is 9.44. The summed E-state index contributed by atoms with van der Waals surface area (Å²) in [5.41, 5.74) is 1.67. The van der Waals surface area contributed by atoms with Crippen molar-refractivity contribution in [1.29, 1.82) is 0 Å². The van der Waals surface area contributed by atoms with E-state index in [-0.39, 0.29) is 17.6 Å². The van der Waals surface area contributed by atoms with Gasteiger partial charge >= 0.3 is 6.09 Å². The molecule has 0 unspecified atom stereocenters. The lowest BCUT2D eigenvalue weighted by Crippen LogP contribution is -2.54. The molecule has 8 atom stereocenters. The number of rotatable bonds is 5. The highest BCUT2D eigenvalue weighted by Crippen LogP contribution is 2.67. The minimum atomic E-state index is -0.381. The number of likely N-dealkylation sites (N-methyl/N-ethyl adjacent to an activating group) is 2. The summed E-state index contributed by atoms with van der Waals surface area (Å²) in [7, 11) is 3.62. The molecule has 0 aliphatic heterocycles. The Morgan fingerprint density at radius 3 is 2.56 bits per heavy atom. The Bertz CT molecular complexity index is 727. The van der Waals surface area contributed by atoms with Gasteiger partial charge in [0.1, 0.15) is 0 Å². The first-order valence-corrected chi connectivity index (χ1v) is 13.0. The molecule has 0 radical (unpaired) electrons. The van der Waals surface area contributed by atoms with Crippen LogP contribution in [0.5, 0.6) is 0 Å². The van der Waals surface area contributed by atoms with Gasteiger partial charge in [-0.25, -0.2) is 4.79 Å². The lowest BCUT2D eigenvalue weighted by molar-refractivity contribution is -0.123. The molecule has 6 nitrogen and oxygen atoms in total. The predicted molar refractivity (Wildman–Crippen MR) is 127 cm³/mol. The molecule has 4 aliphatic rings. The van der Waals surface area contributed by atoms with Gasteiger partial charge in [-0.3, -0.25) is 4.84 Å². The summed E-state index contributed by atoms with van der Waals surface area (Å²) in [5, 5.41) is 17.6. The van der Waals surface area contributed by atoms with Gasteiger partial charge in [-0.15, -0.1) is 0 Å². The standard InChI is InChI=1S/C26H45N3O3/c1-17(28-32-24(31)29(5)15-14-27-4)21-8-9-22-20-7-6-18-16-19(30)10-12-25(18,2)23(20)11-13-26(21,22)3/h18-23,27,30H,6-16H2,1-5H3/b28-17+/t18-,19-,20-,21+,22-,23-,25-,26+/m0/s1. The summed E-state index contributed by atoms with van der Waals surface area (Å²) >= 11 is 0. The number of aliphatic hydroxyl groups excluding tert-OH is 1. The van der Waals surface area contributed by atoms with E-state index >= 15 is 0 Å². The Morgan fingerprint density at radius 1 is 1.09 bits per heavy atom. The Morgan fingerprint density at radius 2 is 1.81 bits per heavy atom. The maximum absolute atomic E-state index is 12.3. The van der Waals surface area contributed by atoms with Crippen molar-refractivity contribution in [2.24, 2.45) is 45.6 Å². The van der Waals surface area contributed by atoms with Crippen molar-refractivity contribution in [3.63, 3.8) is 0 Å². The summed E-state index contributed by atoms with van der Waals surface area (Å²) in [6.45, 7) is 8.44. The van der Waals surface area contributed by atoms with Crippen LogP contribution in [-0.4, -0.2) is 55.1 Å². The molecule has 6 heteroatoms. The van der Waals surface area contributed by atoms with E-state index in [0.717, 1.165) is 49.3 Å². The highest BCUT2D eigenvalue weighted by Gasteiger charge is 2.60. The fourth-order valence-corrected chi connectivity index (χ4v) is 8.54. The number of aliphatic hydroxyl groups is 1. The number of hydrogen-bond acceptors (Lipinski definition) is 5. The van der Waals surface area contributed by atoms with E-state index in [2.05, 4.69) is 31.2 Å². The molecule has 4 fully saturated rings. The van der Waals surface area contributed by atoms with Crippen LogP contribution in [0.4, 0.5) is 4.79 Å². The summed E-state index contributed by atoms with van der Waals surface area (Å²) < 4.78 is 0.